The highest BCUT2D eigenvalue weighted by atomic mass is 79.9. The number of aromatic nitrogens is 2. The van der Waals surface area contributed by atoms with Gasteiger partial charge in [0.1, 0.15) is 5.70 Å². The number of halogens is 2. The van der Waals surface area contributed by atoms with Crippen molar-refractivity contribution in [3.8, 4) is 0 Å². The molecule has 1 fully saturated rings. The van der Waals surface area contributed by atoms with E-state index in [1.807, 2.05) is 34.9 Å². The Bertz CT molecular complexity index is 1380. The summed E-state index contributed by atoms with van der Waals surface area (Å²) in [6.45, 7) is 1.62. The molecule has 5 rings (SSSR count). The number of carbonyl (C=O) groups excluding carboxylic acids is 2. The number of nitrogens with zero attached hydrogens (tertiary/aromatic N) is 3. The topological polar surface area (TPSA) is 84.3 Å². The molecule has 0 spiro atoms. The first-order chi connectivity index (χ1) is 16.9. The number of piperidine rings is 1. The molecule has 1 N–H and O–H groups in total. The number of hydrogen-bond donors (Lipinski definition) is 1. The molecule has 0 radical (unpaired) electrons. The minimum absolute atomic E-state index is 0.00249. The van der Waals surface area contributed by atoms with Crippen LogP contribution in [0.3, 0.4) is 0 Å². The van der Waals surface area contributed by atoms with Gasteiger partial charge in [-0.25, -0.2) is 0 Å². The van der Waals surface area contributed by atoms with Crippen LogP contribution in [0.4, 0.5) is 0 Å². The molecule has 2 atom stereocenters. The average Bonchev–Trinajstić information content (AvgIpc) is 2.85. The van der Waals surface area contributed by atoms with Crippen LogP contribution in [0.1, 0.15) is 34.0 Å². The van der Waals surface area contributed by atoms with Gasteiger partial charge in [0.25, 0.3) is 17.4 Å². The van der Waals surface area contributed by atoms with E-state index in [9.17, 15) is 14.4 Å². The van der Waals surface area contributed by atoms with E-state index in [1.165, 1.54) is 6.20 Å². The van der Waals surface area contributed by atoms with Crippen molar-refractivity contribution >= 4 is 49.8 Å². The van der Waals surface area contributed by atoms with Gasteiger partial charge in [0.2, 0.25) is 0 Å². The van der Waals surface area contributed by atoms with Crippen LogP contribution in [0.2, 0.25) is 0 Å². The summed E-state index contributed by atoms with van der Waals surface area (Å²) in [5, 5.41) is 2.82. The van der Waals surface area contributed by atoms with Crippen LogP contribution in [0.5, 0.6) is 0 Å². The Morgan fingerprint density at radius 1 is 1.00 bits per heavy atom. The Kier molecular flexibility index (Phi) is 6.71. The zero-order chi connectivity index (χ0) is 24.5. The molecule has 2 aliphatic rings. The van der Waals surface area contributed by atoms with Crippen molar-refractivity contribution < 1.29 is 9.59 Å². The van der Waals surface area contributed by atoms with E-state index in [0.29, 0.717) is 29.7 Å². The average molecular weight is 598 g/mol. The van der Waals surface area contributed by atoms with Gasteiger partial charge >= 0.3 is 0 Å². The summed E-state index contributed by atoms with van der Waals surface area (Å²) in [7, 11) is 0. The van der Waals surface area contributed by atoms with Crippen LogP contribution in [0.25, 0.3) is 6.08 Å². The zero-order valence-electron chi connectivity index (χ0n) is 18.7. The number of benzene rings is 1. The van der Waals surface area contributed by atoms with Crippen LogP contribution in [0.15, 0.2) is 80.4 Å². The molecule has 1 saturated heterocycles. The summed E-state index contributed by atoms with van der Waals surface area (Å²) in [6, 6.07) is 14.5. The number of hydrogen-bond acceptors (Lipinski definition) is 4. The third-order valence-electron chi connectivity index (χ3n) is 6.39. The zero-order valence-corrected chi connectivity index (χ0v) is 21.8. The Morgan fingerprint density at radius 3 is 2.57 bits per heavy atom. The molecular weight excluding hydrogens is 576 g/mol. The molecule has 7 nitrogen and oxygen atoms in total. The van der Waals surface area contributed by atoms with Gasteiger partial charge in [-0.15, -0.1) is 0 Å². The van der Waals surface area contributed by atoms with Gasteiger partial charge in [0.05, 0.1) is 5.56 Å². The number of rotatable bonds is 4. The van der Waals surface area contributed by atoms with Crippen molar-refractivity contribution in [1.29, 1.82) is 0 Å². The third kappa shape index (κ3) is 5.16. The molecular formula is C26H22Br2N4O3. The second-order valence-corrected chi connectivity index (χ2v) is 10.7. The predicted molar refractivity (Wildman–Crippen MR) is 140 cm³/mol. The summed E-state index contributed by atoms with van der Waals surface area (Å²) in [5.74, 6) is -0.390. The maximum absolute atomic E-state index is 13.8. The molecule has 1 aromatic carbocycles. The molecule has 2 aromatic heterocycles. The molecule has 35 heavy (non-hydrogen) atoms. The van der Waals surface area contributed by atoms with Gasteiger partial charge in [0, 0.05) is 58.7 Å². The van der Waals surface area contributed by atoms with Crippen LogP contribution < -0.4 is 10.9 Å². The number of nitrogens with one attached hydrogen (secondary N) is 1. The summed E-state index contributed by atoms with van der Waals surface area (Å²) in [6.07, 6.45) is 5.69. The quantitative estimate of drug-likeness (QED) is 0.457. The summed E-state index contributed by atoms with van der Waals surface area (Å²) >= 11 is 6.76. The van der Waals surface area contributed by atoms with Crippen LogP contribution in [-0.2, 0) is 11.3 Å². The van der Waals surface area contributed by atoms with Gasteiger partial charge in [0.15, 0.2) is 0 Å². The molecule has 2 bridgehead atoms. The molecule has 4 heterocycles. The van der Waals surface area contributed by atoms with E-state index in [-0.39, 0.29) is 29.0 Å². The fraction of sp³-hybridized carbons (Fsp3) is 0.231. The molecule has 2 aliphatic heterocycles. The SMILES string of the molecule is O=C(N/C(=C\c1ccc(Br)cc1)C(=O)N1C[C@H]2C[C@@H](C1)c1cccc(=O)n1C2)c1cncc(Br)c1. The van der Waals surface area contributed by atoms with Gasteiger partial charge in [-0.05, 0) is 64.2 Å². The largest absolute Gasteiger partial charge is 0.336 e. The highest BCUT2D eigenvalue weighted by molar-refractivity contribution is 9.10. The number of likely N-dealkylation sites (tertiary alicyclic amines) is 1. The van der Waals surface area contributed by atoms with Crippen LogP contribution >= 0.6 is 31.9 Å². The van der Waals surface area contributed by atoms with Crippen molar-refractivity contribution in [1.82, 2.24) is 19.8 Å². The summed E-state index contributed by atoms with van der Waals surface area (Å²) in [5.41, 5.74) is 2.30. The highest BCUT2D eigenvalue weighted by Gasteiger charge is 2.37. The van der Waals surface area contributed by atoms with E-state index in [4.69, 9.17) is 0 Å². The minimum atomic E-state index is -0.412. The van der Waals surface area contributed by atoms with Crippen molar-refractivity contribution in [3.05, 3.63) is 103 Å². The second-order valence-electron chi connectivity index (χ2n) is 8.86. The molecule has 0 saturated carbocycles. The lowest BCUT2D eigenvalue weighted by Gasteiger charge is -2.43. The Morgan fingerprint density at radius 2 is 1.80 bits per heavy atom. The van der Waals surface area contributed by atoms with Crippen molar-refractivity contribution in [2.75, 3.05) is 13.1 Å². The van der Waals surface area contributed by atoms with E-state index in [2.05, 4.69) is 42.2 Å². The predicted octanol–water partition coefficient (Wildman–Crippen LogP) is 4.19. The number of fused-ring (bicyclic) bond motifs is 4. The van der Waals surface area contributed by atoms with Crippen molar-refractivity contribution in [2.24, 2.45) is 5.92 Å². The Hall–Kier alpha value is -3.04. The lowest BCUT2D eigenvalue weighted by molar-refractivity contribution is -0.130. The summed E-state index contributed by atoms with van der Waals surface area (Å²) < 4.78 is 3.43. The fourth-order valence-electron chi connectivity index (χ4n) is 4.84. The minimum Gasteiger partial charge on any atom is -0.336 e. The Balaban J connectivity index is 1.44. The standard InChI is InChI=1S/C26H22Br2N4O3/c27-20-6-4-16(5-7-20)9-22(30-25(34)18-10-21(28)12-29-11-18)26(35)31-13-17-8-19(15-31)23-2-1-3-24(33)32(23)14-17/h1-7,9-12,17,19H,8,13-15H2,(H,30,34)/b22-9-/t17-,19+/m1/s1. The second kappa shape index (κ2) is 9.91. The van der Waals surface area contributed by atoms with E-state index >= 15 is 0 Å². The first-order valence-electron chi connectivity index (χ1n) is 11.3. The molecule has 0 aliphatic carbocycles. The smallest absolute Gasteiger partial charge is 0.270 e. The van der Waals surface area contributed by atoms with Crippen LogP contribution in [-0.4, -0.2) is 39.4 Å². The lowest BCUT2D eigenvalue weighted by Crippen LogP contribution is -2.50. The summed E-state index contributed by atoms with van der Waals surface area (Å²) in [4.78, 5) is 44.9. The maximum atomic E-state index is 13.8. The van der Waals surface area contributed by atoms with Crippen molar-refractivity contribution in [3.63, 3.8) is 0 Å². The molecule has 0 unspecified atom stereocenters. The van der Waals surface area contributed by atoms with E-state index in [1.54, 1.807) is 35.4 Å². The van der Waals surface area contributed by atoms with Crippen LogP contribution in [0, 0.1) is 5.92 Å². The Labute approximate surface area is 219 Å². The van der Waals surface area contributed by atoms with Gasteiger partial charge in [-0.1, -0.05) is 34.1 Å². The third-order valence-corrected chi connectivity index (χ3v) is 7.36. The van der Waals surface area contributed by atoms with E-state index in [0.717, 1.165) is 22.2 Å². The maximum Gasteiger partial charge on any atom is 0.270 e. The normalized spacial score (nSPS) is 19.1. The number of amides is 2. The van der Waals surface area contributed by atoms with Gasteiger partial charge in [-0.2, -0.15) is 0 Å². The van der Waals surface area contributed by atoms with Gasteiger partial charge in [-0.3, -0.25) is 19.4 Å². The molecule has 3 aromatic rings. The molecule has 2 amide bonds. The molecule has 178 valence electrons. The molecule has 9 heteroatoms. The lowest BCUT2D eigenvalue weighted by atomic mass is 9.83. The highest BCUT2D eigenvalue weighted by Crippen LogP contribution is 2.35. The van der Waals surface area contributed by atoms with Crippen molar-refractivity contribution in [2.45, 2.75) is 18.9 Å². The monoisotopic (exact) mass is 596 g/mol. The fourth-order valence-corrected chi connectivity index (χ4v) is 5.47. The first kappa shape index (κ1) is 23.7. The van der Waals surface area contributed by atoms with Gasteiger partial charge < -0.3 is 14.8 Å². The number of carbonyl (C=O) groups is 2. The first-order valence-corrected chi connectivity index (χ1v) is 12.8. The number of pyridine rings is 2. The van der Waals surface area contributed by atoms with E-state index < -0.39 is 5.91 Å².